The average molecular weight is 155 g/mol. The summed E-state index contributed by atoms with van der Waals surface area (Å²) >= 11 is 0. The van der Waals surface area contributed by atoms with Gasteiger partial charge in [-0.2, -0.15) is 10.6 Å². The fourth-order valence-electron chi connectivity index (χ4n) is 1.03. The van der Waals surface area contributed by atoms with Gasteiger partial charge >= 0.3 is 0 Å². The average Bonchev–Trinajstić information content (AvgIpc) is 2.36. The van der Waals surface area contributed by atoms with Crippen LogP contribution >= 0.6 is 0 Å². The molecule has 1 aromatic rings. The first-order valence-electron chi connectivity index (χ1n) is 3.65. The number of aromatic nitrogens is 2. The zero-order valence-corrected chi connectivity index (χ0v) is 6.78. The summed E-state index contributed by atoms with van der Waals surface area (Å²) in [7, 11) is 0. The number of hydrogen-bond acceptors (Lipinski definition) is 3. The van der Waals surface area contributed by atoms with Gasteiger partial charge < -0.3 is 5.21 Å². The van der Waals surface area contributed by atoms with Gasteiger partial charge in [-0.15, -0.1) is 0 Å². The Morgan fingerprint density at radius 2 is 2.45 bits per heavy atom. The molecule has 0 atom stereocenters. The molecule has 0 aliphatic carbocycles. The van der Waals surface area contributed by atoms with E-state index in [1.54, 1.807) is 6.20 Å². The fraction of sp³-hybridized carbons (Fsp3) is 0.571. The van der Waals surface area contributed by atoms with Crippen LogP contribution in [0.25, 0.3) is 0 Å². The van der Waals surface area contributed by atoms with Gasteiger partial charge in [0.05, 0.1) is 12.2 Å². The van der Waals surface area contributed by atoms with Gasteiger partial charge in [-0.25, -0.2) is 0 Å². The van der Waals surface area contributed by atoms with Gasteiger partial charge in [-0.1, -0.05) is 0 Å². The summed E-state index contributed by atoms with van der Waals surface area (Å²) in [6.07, 6.45) is 1.73. The molecule has 4 nitrogen and oxygen atoms in total. The Hall–Kier alpha value is -0.870. The summed E-state index contributed by atoms with van der Waals surface area (Å²) in [6, 6.07) is 2.22. The predicted octanol–water partition coefficient (Wildman–Crippen LogP) is 0.943. The second kappa shape index (κ2) is 3.50. The summed E-state index contributed by atoms with van der Waals surface area (Å²) in [6.45, 7) is 4.54. The monoisotopic (exact) mass is 155 g/mol. The minimum absolute atomic E-state index is 0.341. The van der Waals surface area contributed by atoms with Gasteiger partial charge in [-0.05, 0) is 19.9 Å². The van der Waals surface area contributed by atoms with Crippen molar-refractivity contribution in [2.24, 2.45) is 0 Å². The van der Waals surface area contributed by atoms with Crippen LogP contribution in [0.1, 0.15) is 25.6 Å². The maximum absolute atomic E-state index is 8.45. The van der Waals surface area contributed by atoms with E-state index < -0.39 is 0 Å². The number of hydroxylamine groups is 1. The van der Waals surface area contributed by atoms with Gasteiger partial charge in [0.2, 0.25) is 0 Å². The van der Waals surface area contributed by atoms with E-state index in [-0.39, 0.29) is 0 Å². The summed E-state index contributed by atoms with van der Waals surface area (Å²) in [5.41, 5.74) is 3.09. The van der Waals surface area contributed by atoms with Crippen LogP contribution in [0.2, 0.25) is 0 Å². The van der Waals surface area contributed by atoms with Crippen molar-refractivity contribution in [2.45, 2.75) is 26.4 Å². The Morgan fingerprint density at radius 1 is 1.73 bits per heavy atom. The molecule has 0 saturated heterocycles. The third-order valence-corrected chi connectivity index (χ3v) is 1.50. The predicted molar refractivity (Wildman–Crippen MR) is 41.2 cm³/mol. The molecule has 0 spiro atoms. The maximum atomic E-state index is 8.45. The van der Waals surface area contributed by atoms with Crippen LogP contribution in [0.5, 0.6) is 0 Å². The molecule has 2 N–H and O–H groups in total. The van der Waals surface area contributed by atoms with Crippen molar-refractivity contribution in [1.29, 1.82) is 0 Å². The highest BCUT2D eigenvalue weighted by Crippen LogP contribution is 2.06. The minimum atomic E-state index is 0.341. The number of nitrogens with zero attached hydrogens (tertiary/aromatic N) is 2. The zero-order valence-electron chi connectivity index (χ0n) is 6.78. The fourth-order valence-corrected chi connectivity index (χ4v) is 1.03. The molecule has 62 valence electrons. The maximum Gasteiger partial charge on any atom is 0.0628 e. The van der Waals surface area contributed by atoms with E-state index in [9.17, 15) is 0 Å². The number of rotatable bonds is 3. The van der Waals surface area contributed by atoms with E-state index in [2.05, 4.69) is 10.6 Å². The van der Waals surface area contributed by atoms with E-state index in [4.69, 9.17) is 5.21 Å². The molecule has 1 rings (SSSR count). The molecular formula is C7H13N3O. The Morgan fingerprint density at radius 3 is 3.00 bits per heavy atom. The van der Waals surface area contributed by atoms with Crippen molar-refractivity contribution in [3.63, 3.8) is 0 Å². The van der Waals surface area contributed by atoms with Gasteiger partial charge in [0, 0.05) is 12.2 Å². The van der Waals surface area contributed by atoms with Crippen molar-refractivity contribution >= 4 is 0 Å². The molecule has 1 heterocycles. The standard InChI is InChI=1S/C7H13N3O/c1-6(2)10-7(5-9-11)3-4-8-10/h3-4,6,9,11H,5H2,1-2H3. The first kappa shape index (κ1) is 8.23. The highest BCUT2D eigenvalue weighted by Gasteiger charge is 2.03. The molecule has 11 heavy (non-hydrogen) atoms. The summed E-state index contributed by atoms with van der Waals surface area (Å²) < 4.78 is 1.86. The summed E-state index contributed by atoms with van der Waals surface area (Å²) in [5.74, 6) is 0. The summed E-state index contributed by atoms with van der Waals surface area (Å²) in [5, 5.41) is 12.6. The Kier molecular flexibility index (Phi) is 2.62. The van der Waals surface area contributed by atoms with Crippen molar-refractivity contribution in [3.05, 3.63) is 18.0 Å². The van der Waals surface area contributed by atoms with Crippen LogP contribution in [0.4, 0.5) is 0 Å². The quantitative estimate of drug-likeness (QED) is 0.639. The van der Waals surface area contributed by atoms with Crippen molar-refractivity contribution in [2.75, 3.05) is 0 Å². The van der Waals surface area contributed by atoms with Crippen LogP contribution in [0, 0.1) is 0 Å². The van der Waals surface area contributed by atoms with Crippen molar-refractivity contribution in [3.8, 4) is 0 Å². The van der Waals surface area contributed by atoms with Gasteiger partial charge in [-0.3, -0.25) is 4.68 Å². The van der Waals surface area contributed by atoms with Crippen LogP contribution in [0.15, 0.2) is 12.3 Å². The van der Waals surface area contributed by atoms with Crippen molar-refractivity contribution in [1.82, 2.24) is 15.3 Å². The Balaban J connectivity index is 2.78. The lowest BCUT2D eigenvalue weighted by Crippen LogP contribution is -2.14. The first-order valence-corrected chi connectivity index (χ1v) is 3.65. The molecule has 1 aromatic heterocycles. The molecule has 0 fully saturated rings. The topological polar surface area (TPSA) is 50.1 Å². The second-order valence-electron chi connectivity index (χ2n) is 2.70. The van der Waals surface area contributed by atoms with E-state index >= 15 is 0 Å². The summed E-state index contributed by atoms with van der Waals surface area (Å²) in [4.78, 5) is 0. The second-order valence-corrected chi connectivity index (χ2v) is 2.70. The van der Waals surface area contributed by atoms with E-state index in [0.717, 1.165) is 5.69 Å². The molecular weight excluding hydrogens is 142 g/mol. The van der Waals surface area contributed by atoms with Crippen LogP contribution in [-0.2, 0) is 6.54 Å². The third kappa shape index (κ3) is 1.78. The lowest BCUT2D eigenvalue weighted by molar-refractivity contribution is 0.157. The molecule has 0 aromatic carbocycles. The van der Waals surface area contributed by atoms with Crippen LogP contribution in [0.3, 0.4) is 0 Å². The molecule has 4 heteroatoms. The molecule has 0 aliphatic heterocycles. The van der Waals surface area contributed by atoms with Crippen LogP contribution < -0.4 is 5.48 Å². The smallest absolute Gasteiger partial charge is 0.0628 e. The van der Waals surface area contributed by atoms with E-state index in [1.165, 1.54) is 0 Å². The lowest BCUT2D eigenvalue weighted by atomic mass is 10.3. The highest BCUT2D eigenvalue weighted by molar-refractivity contribution is 5.00. The Bertz CT molecular complexity index is 219. The van der Waals surface area contributed by atoms with Gasteiger partial charge in [0.1, 0.15) is 0 Å². The third-order valence-electron chi connectivity index (χ3n) is 1.50. The lowest BCUT2D eigenvalue weighted by Gasteiger charge is -2.09. The largest absolute Gasteiger partial charge is 0.316 e. The first-order chi connectivity index (χ1) is 5.25. The molecule has 0 bridgehead atoms. The zero-order chi connectivity index (χ0) is 8.27. The molecule has 0 amide bonds. The number of nitrogens with one attached hydrogen (secondary N) is 1. The molecule has 0 unspecified atom stereocenters. The van der Waals surface area contributed by atoms with E-state index in [0.29, 0.717) is 12.6 Å². The van der Waals surface area contributed by atoms with Crippen molar-refractivity contribution < 1.29 is 5.21 Å². The SMILES string of the molecule is CC(C)n1nccc1CNO. The van der Waals surface area contributed by atoms with E-state index in [1.807, 2.05) is 24.6 Å². The molecule has 0 radical (unpaired) electrons. The molecule has 0 saturated carbocycles. The van der Waals surface area contributed by atoms with Gasteiger partial charge in [0.15, 0.2) is 0 Å². The number of hydrogen-bond donors (Lipinski definition) is 2. The van der Waals surface area contributed by atoms with Gasteiger partial charge in [0.25, 0.3) is 0 Å². The minimum Gasteiger partial charge on any atom is -0.316 e. The molecule has 0 aliphatic rings. The normalized spacial score (nSPS) is 10.9. The Labute approximate surface area is 65.8 Å². The van der Waals surface area contributed by atoms with Crippen LogP contribution in [-0.4, -0.2) is 15.0 Å². The highest BCUT2D eigenvalue weighted by atomic mass is 16.5.